The zero-order chi connectivity index (χ0) is 16.1. The van der Waals surface area contributed by atoms with E-state index in [4.69, 9.17) is 14.2 Å². The molecule has 1 heterocycles. The van der Waals surface area contributed by atoms with Gasteiger partial charge in [-0.15, -0.1) is 0 Å². The quantitative estimate of drug-likeness (QED) is 0.749. The third-order valence-electron chi connectivity index (χ3n) is 4.59. The molecule has 0 saturated carbocycles. The van der Waals surface area contributed by atoms with Crippen LogP contribution in [0.2, 0.25) is 0 Å². The number of hydrogen-bond donors (Lipinski definition) is 0. The lowest BCUT2D eigenvalue weighted by Crippen LogP contribution is -2.49. The Hall–Kier alpha value is -0.900. The molecule has 0 N–H and O–H groups in total. The number of benzene rings is 1. The van der Waals surface area contributed by atoms with Crippen molar-refractivity contribution in [1.82, 2.24) is 0 Å². The van der Waals surface area contributed by atoms with Crippen molar-refractivity contribution in [1.29, 1.82) is 0 Å². The summed E-state index contributed by atoms with van der Waals surface area (Å²) in [5, 5.41) is 0. The summed E-state index contributed by atoms with van der Waals surface area (Å²) in [4.78, 5) is 0. The van der Waals surface area contributed by atoms with Gasteiger partial charge in [0.2, 0.25) is 0 Å². The predicted octanol–water partition coefficient (Wildman–Crippen LogP) is 4.35. The van der Waals surface area contributed by atoms with Crippen LogP contribution < -0.4 is 0 Å². The van der Waals surface area contributed by atoms with E-state index in [0.717, 1.165) is 19.3 Å². The topological polar surface area (TPSA) is 27.7 Å². The fourth-order valence-corrected chi connectivity index (χ4v) is 2.50. The molecule has 3 nitrogen and oxygen atoms in total. The first-order valence-corrected chi connectivity index (χ1v) is 8.38. The van der Waals surface area contributed by atoms with E-state index in [9.17, 15) is 0 Å². The molecular weight excluding hydrogens is 276 g/mol. The number of ether oxygens (including phenoxy) is 3. The first kappa shape index (κ1) is 17.5. The summed E-state index contributed by atoms with van der Waals surface area (Å²) in [7, 11) is 0. The van der Waals surface area contributed by atoms with Gasteiger partial charge in [0.1, 0.15) is 0 Å². The lowest BCUT2D eigenvalue weighted by atomic mass is 9.88. The van der Waals surface area contributed by atoms with Crippen LogP contribution in [0.15, 0.2) is 30.3 Å². The molecule has 124 valence electrons. The Labute approximate surface area is 135 Å². The maximum absolute atomic E-state index is 6.13. The maximum atomic E-state index is 6.13. The smallest absolute Gasteiger partial charge is 0.0892 e. The maximum Gasteiger partial charge on any atom is 0.0892 e. The van der Waals surface area contributed by atoms with Crippen LogP contribution in [-0.2, 0) is 20.8 Å². The predicted molar refractivity (Wildman–Crippen MR) is 88.9 cm³/mol. The molecule has 1 aliphatic heterocycles. The van der Waals surface area contributed by atoms with Crippen LogP contribution in [0.4, 0.5) is 0 Å². The molecule has 0 spiro atoms. The van der Waals surface area contributed by atoms with Crippen molar-refractivity contribution in [2.24, 2.45) is 0 Å². The molecule has 2 rings (SSSR count). The average molecular weight is 306 g/mol. The van der Waals surface area contributed by atoms with Gasteiger partial charge in [-0.25, -0.2) is 0 Å². The van der Waals surface area contributed by atoms with Crippen molar-refractivity contribution in [3.05, 3.63) is 35.9 Å². The molecule has 0 radical (unpaired) electrons. The molecule has 0 aromatic heterocycles. The Kier molecular flexibility index (Phi) is 6.01. The molecule has 3 unspecified atom stereocenters. The molecule has 0 amide bonds. The summed E-state index contributed by atoms with van der Waals surface area (Å²) in [5.41, 5.74) is 0.822. The Balaban J connectivity index is 1.79. The Morgan fingerprint density at radius 2 is 1.91 bits per heavy atom. The summed E-state index contributed by atoms with van der Waals surface area (Å²) in [5.74, 6) is 0. The fourth-order valence-electron chi connectivity index (χ4n) is 2.50. The van der Waals surface area contributed by atoms with E-state index in [2.05, 4.69) is 39.8 Å². The zero-order valence-electron chi connectivity index (χ0n) is 14.4. The van der Waals surface area contributed by atoms with E-state index < -0.39 is 0 Å². The third-order valence-corrected chi connectivity index (χ3v) is 4.59. The van der Waals surface area contributed by atoms with Crippen LogP contribution >= 0.6 is 0 Å². The first-order chi connectivity index (χ1) is 10.4. The van der Waals surface area contributed by atoms with Crippen molar-refractivity contribution in [3.8, 4) is 0 Å². The van der Waals surface area contributed by atoms with Crippen LogP contribution in [0.1, 0.15) is 52.5 Å². The van der Waals surface area contributed by atoms with Crippen molar-refractivity contribution in [2.45, 2.75) is 70.9 Å². The van der Waals surface area contributed by atoms with Gasteiger partial charge in [0, 0.05) is 0 Å². The number of rotatable bonds is 7. The standard InChI is InChI=1S/C19H30O3/c1-5-16(2)20-14-18(3)11-12-19(4,15-22-18)21-13-17-9-7-6-8-10-17/h6-10,16H,5,11-15H2,1-4H3. The van der Waals surface area contributed by atoms with Gasteiger partial charge in [-0.1, -0.05) is 37.3 Å². The minimum absolute atomic E-state index is 0.182. The number of hydrogen-bond acceptors (Lipinski definition) is 3. The van der Waals surface area contributed by atoms with Crippen LogP contribution in [-0.4, -0.2) is 30.5 Å². The monoisotopic (exact) mass is 306 g/mol. The van der Waals surface area contributed by atoms with E-state index in [1.165, 1.54) is 5.56 Å². The second-order valence-corrected chi connectivity index (χ2v) is 6.99. The lowest BCUT2D eigenvalue weighted by molar-refractivity contribution is -0.201. The SMILES string of the molecule is CCC(C)OCC1(C)CCC(C)(OCc2ccccc2)CO1. The first-order valence-electron chi connectivity index (χ1n) is 8.38. The summed E-state index contributed by atoms with van der Waals surface area (Å²) in [6, 6.07) is 10.3. The summed E-state index contributed by atoms with van der Waals surface area (Å²) < 4.78 is 18.1. The summed E-state index contributed by atoms with van der Waals surface area (Å²) >= 11 is 0. The Morgan fingerprint density at radius 3 is 2.50 bits per heavy atom. The molecule has 3 heteroatoms. The fraction of sp³-hybridized carbons (Fsp3) is 0.684. The van der Waals surface area contributed by atoms with Gasteiger partial charge >= 0.3 is 0 Å². The normalized spacial score (nSPS) is 30.2. The van der Waals surface area contributed by atoms with E-state index in [1.807, 2.05) is 18.2 Å². The van der Waals surface area contributed by atoms with Crippen molar-refractivity contribution in [3.63, 3.8) is 0 Å². The minimum atomic E-state index is -0.203. The van der Waals surface area contributed by atoms with E-state index in [0.29, 0.717) is 25.9 Å². The second-order valence-electron chi connectivity index (χ2n) is 6.99. The molecule has 22 heavy (non-hydrogen) atoms. The molecular formula is C19H30O3. The van der Waals surface area contributed by atoms with Gasteiger partial charge in [-0.3, -0.25) is 0 Å². The molecule has 1 fully saturated rings. The van der Waals surface area contributed by atoms with Gasteiger partial charge in [-0.2, -0.15) is 0 Å². The van der Waals surface area contributed by atoms with Crippen LogP contribution in [0, 0.1) is 0 Å². The highest BCUT2D eigenvalue weighted by Gasteiger charge is 2.39. The van der Waals surface area contributed by atoms with Crippen LogP contribution in [0.5, 0.6) is 0 Å². The average Bonchev–Trinajstić information content (AvgIpc) is 2.55. The molecule has 0 aliphatic carbocycles. The van der Waals surface area contributed by atoms with Gasteiger partial charge in [0.25, 0.3) is 0 Å². The minimum Gasteiger partial charge on any atom is -0.376 e. The molecule has 3 atom stereocenters. The molecule has 0 bridgehead atoms. The molecule has 1 aromatic carbocycles. The third kappa shape index (κ3) is 5.08. The van der Waals surface area contributed by atoms with Crippen molar-refractivity contribution < 1.29 is 14.2 Å². The zero-order valence-corrected chi connectivity index (χ0v) is 14.4. The highest BCUT2D eigenvalue weighted by Crippen LogP contribution is 2.33. The largest absolute Gasteiger partial charge is 0.376 e. The molecule has 1 aliphatic rings. The summed E-state index contributed by atoms with van der Waals surface area (Å²) in [6.07, 6.45) is 3.30. The van der Waals surface area contributed by atoms with Crippen LogP contribution in [0.25, 0.3) is 0 Å². The van der Waals surface area contributed by atoms with E-state index in [-0.39, 0.29) is 11.2 Å². The molecule has 1 aromatic rings. The van der Waals surface area contributed by atoms with Gasteiger partial charge in [0.15, 0.2) is 0 Å². The Bertz CT molecular complexity index is 435. The van der Waals surface area contributed by atoms with Gasteiger partial charge < -0.3 is 14.2 Å². The highest BCUT2D eigenvalue weighted by molar-refractivity contribution is 5.13. The van der Waals surface area contributed by atoms with Gasteiger partial charge in [0.05, 0.1) is 37.1 Å². The lowest BCUT2D eigenvalue weighted by Gasteiger charge is -2.43. The second kappa shape index (κ2) is 7.58. The van der Waals surface area contributed by atoms with E-state index >= 15 is 0 Å². The van der Waals surface area contributed by atoms with Crippen LogP contribution in [0.3, 0.4) is 0 Å². The Morgan fingerprint density at radius 1 is 1.18 bits per heavy atom. The summed E-state index contributed by atoms with van der Waals surface area (Å²) in [6.45, 7) is 10.5. The van der Waals surface area contributed by atoms with Crippen molar-refractivity contribution >= 4 is 0 Å². The molecule has 1 saturated heterocycles. The van der Waals surface area contributed by atoms with E-state index in [1.54, 1.807) is 0 Å². The highest BCUT2D eigenvalue weighted by atomic mass is 16.6. The van der Waals surface area contributed by atoms with Crippen molar-refractivity contribution in [2.75, 3.05) is 13.2 Å². The van der Waals surface area contributed by atoms with Gasteiger partial charge in [-0.05, 0) is 45.6 Å².